The second-order valence-electron chi connectivity index (χ2n) is 8.88. The second-order valence-corrected chi connectivity index (χ2v) is 8.88. The van der Waals surface area contributed by atoms with Crippen molar-refractivity contribution in [3.8, 4) is 0 Å². The van der Waals surface area contributed by atoms with Crippen molar-refractivity contribution in [3.05, 3.63) is 30.0 Å². The minimum absolute atomic E-state index is 0.0395. The smallest absolute Gasteiger partial charge is 0.410 e. The summed E-state index contributed by atoms with van der Waals surface area (Å²) in [5, 5.41) is 5.44. The van der Waals surface area contributed by atoms with Crippen LogP contribution in [0.1, 0.15) is 56.8 Å². The number of aromatic nitrogens is 2. The molecule has 2 aliphatic rings. The Bertz CT molecular complexity index is 882. The molecule has 2 saturated heterocycles. The fourth-order valence-electron chi connectivity index (χ4n) is 4.53. The number of nitrogens with zero attached hydrogens (tertiary/aromatic N) is 3. The maximum atomic E-state index is 13.1. The van der Waals surface area contributed by atoms with Gasteiger partial charge in [-0.25, -0.2) is 4.79 Å². The van der Waals surface area contributed by atoms with Crippen LogP contribution in [0.15, 0.2) is 24.4 Å². The summed E-state index contributed by atoms with van der Waals surface area (Å²) >= 11 is 0. The van der Waals surface area contributed by atoms with Crippen molar-refractivity contribution in [1.82, 2.24) is 14.7 Å². The van der Waals surface area contributed by atoms with E-state index in [0.717, 1.165) is 42.1 Å². The van der Waals surface area contributed by atoms with Crippen LogP contribution in [0.25, 0.3) is 10.9 Å². The van der Waals surface area contributed by atoms with Gasteiger partial charge in [-0.1, -0.05) is 12.1 Å². The molecule has 2 aromatic rings. The van der Waals surface area contributed by atoms with Gasteiger partial charge in [0.25, 0.3) is 0 Å². The van der Waals surface area contributed by atoms with Gasteiger partial charge in [0.2, 0.25) is 0 Å². The van der Waals surface area contributed by atoms with E-state index in [0.29, 0.717) is 0 Å². The third-order valence-electron chi connectivity index (χ3n) is 5.61. The third kappa shape index (κ3) is 3.45. The van der Waals surface area contributed by atoms with Gasteiger partial charge in [-0.3, -0.25) is 9.48 Å². The first kappa shape index (κ1) is 18.0. The molecule has 2 atom stereocenters. The van der Waals surface area contributed by atoms with E-state index in [1.54, 1.807) is 4.68 Å². The highest BCUT2D eigenvalue weighted by Gasteiger charge is 2.46. The SMILES string of the molecule is Cn1cc2ccc(C(=O)C3CC4CCC(C3)N4C(=O)OC(C)(C)C)cc2n1. The number of carbonyl (C=O) groups excluding carboxylic acids is 2. The highest BCUT2D eigenvalue weighted by Crippen LogP contribution is 2.40. The molecule has 27 heavy (non-hydrogen) atoms. The van der Waals surface area contributed by atoms with E-state index in [1.807, 2.05) is 57.1 Å². The van der Waals surface area contributed by atoms with Crippen LogP contribution in [0.4, 0.5) is 4.79 Å². The highest BCUT2D eigenvalue weighted by atomic mass is 16.6. The number of aryl methyl sites for hydroxylation is 1. The Morgan fingerprint density at radius 2 is 1.81 bits per heavy atom. The van der Waals surface area contributed by atoms with Crippen molar-refractivity contribution < 1.29 is 14.3 Å². The molecular weight excluding hydrogens is 342 g/mol. The minimum Gasteiger partial charge on any atom is -0.444 e. The first-order valence-electron chi connectivity index (χ1n) is 9.70. The van der Waals surface area contributed by atoms with Crippen molar-refractivity contribution in [1.29, 1.82) is 0 Å². The van der Waals surface area contributed by atoms with Gasteiger partial charge < -0.3 is 9.64 Å². The molecule has 6 nitrogen and oxygen atoms in total. The predicted molar refractivity (Wildman–Crippen MR) is 103 cm³/mol. The van der Waals surface area contributed by atoms with Crippen LogP contribution in [0.3, 0.4) is 0 Å². The van der Waals surface area contributed by atoms with Crippen LogP contribution in [0.5, 0.6) is 0 Å². The lowest BCUT2D eigenvalue weighted by atomic mass is 9.85. The van der Waals surface area contributed by atoms with Crippen LogP contribution in [-0.2, 0) is 11.8 Å². The molecule has 0 N–H and O–H groups in total. The Kier molecular flexibility index (Phi) is 4.24. The molecule has 2 aliphatic heterocycles. The van der Waals surface area contributed by atoms with Gasteiger partial charge in [0, 0.05) is 42.2 Å². The van der Waals surface area contributed by atoms with E-state index in [-0.39, 0.29) is 29.9 Å². The van der Waals surface area contributed by atoms with Gasteiger partial charge >= 0.3 is 6.09 Å². The predicted octanol–water partition coefficient (Wildman–Crippen LogP) is 3.93. The fourth-order valence-corrected chi connectivity index (χ4v) is 4.53. The number of ether oxygens (including phenoxy) is 1. The zero-order chi connectivity index (χ0) is 19.3. The number of fused-ring (bicyclic) bond motifs is 3. The van der Waals surface area contributed by atoms with E-state index >= 15 is 0 Å². The average Bonchev–Trinajstić information content (AvgIpc) is 3.07. The van der Waals surface area contributed by atoms with Gasteiger partial charge in [0.05, 0.1) is 5.52 Å². The van der Waals surface area contributed by atoms with E-state index in [9.17, 15) is 9.59 Å². The molecule has 1 amide bonds. The lowest BCUT2D eigenvalue weighted by Crippen LogP contribution is -2.49. The molecule has 2 bridgehead atoms. The highest BCUT2D eigenvalue weighted by molar-refractivity contribution is 6.00. The Morgan fingerprint density at radius 1 is 1.15 bits per heavy atom. The van der Waals surface area contributed by atoms with E-state index in [4.69, 9.17) is 4.74 Å². The maximum Gasteiger partial charge on any atom is 0.410 e. The number of rotatable bonds is 2. The molecule has 3 heterocycles. The van der Waals surface area contributed by atoms with Crippen molar-refractivity contribution in [3.63, 3.8) is 0 Å². The number of carbonyl (C=O) groups is 2. The van der Waals surface area contributed by atoms with E-state index in [2.05, 4.69) is 5.10 Å². The summed E-state index contributed by atoms with van der Waals surface area (Å²) in [5.74, 6) is 0.130. The van der Waals surface area contributed by atoms with Crippen LogP contribution < -0.4 is 0 Å². The maximum absolute atomic E-state index is 13.1. The van der Waals surface area contributed by atoms with Crippen molar-refractivity contribution >= 4 is 22.8 Å². The number of piperidine rings is 1. The largest absolute Gasteiger partial charge is 0.444 e. The quantitative estimate of drug-likeness (QED) is 0.752. The molecule has 1 aromatic carbocycles. The Morgan fingerprint density at radius 3 is 2.44 bits per heavy atom. The van der Waals surface area contributed by atoms with Gasteiger partial charge in [0.1, 0.15) is 5.60 Å². The fraction of sp³-hybridized carbons (Fsp3) is 0.571. The summed E-state index contributed by atoms with van der Waals surface area (Å²) in [6.07, 6.45) is 5.04. The number of benzene rings is 1. The molecule has 4 rings (SSSR count). The zero-order valence-electron chi connectivity index (χ0n) is 16.4. The average molecular weight is 369 g/mol. The number of hydrogen-bond acceptors (Lipinski definition) is 4. The standard InChI is InChI=1S/C21H27N3O3/c1-21(2,3)27-20(26)24-16-7-8-17(24)10-15(9-16)19(25)13-5-6-14-12-23(4)22-18(14)11-13/h5-6,11-12,15-17H,7-10H2,1-4H3. The lowest BCUT2D eigenvalue weighted by molar-refractivity contribution is 0.00254. The summed E-state index contributed by atoms with van der Waals surface area (Å²) in [6, 6.07) is 5.95. The van der Waals surface area contributed by atoms with Gasteiger partial charge in [0.15, 0.2) is 5.78 Å². The zero-order valence-corrected chi connectivity index (χ0v) is 16.4. The first-order chi connectivity index (χ1) is 12.7. The van der Waals surface area contributed by atoms with Crippen LogP contribution in [0, 0.1) is 5.92 Å². The molecule has 0 radical (unpaired) electrons. The van der Waals surface area contributed by atoms with Crippen molar-refractivity contribution in [2.45, 2.75) is 64.1 Å². The van der Waals surface area contributed by atoms with Crippen molar-refractivity contribution in [2.75, 3.05) is 0 Å². The number of Topliss-reactive ketones (excluding diaryl/α,β-unsaturated/α-hetero) is 1. The van der Waals surface area contributed by atoms with Crippen LogP contribution in [0.2, 0.25) is 0 Å². The Balaban J connectivity index is 1.50. The summed E-state index contributed by atoms with van der Waals surface area (Å²) in [4.78, 5) is 27.6. The Hall–Kier alpha value is -2.37. The summed E-state index contributed by atoms with van der Waals surface area (Å²) in [5.41, 5.74) is 1.07. The number of hydrogen-bond donors (Lipinski definition) is 0. The van der Waals surface area contributed by atoms with E-state index in [1.165, 1.54) is 0 Å². The van der Waals surface area contributed by atoms with Gasteiger partial charge in [-0.2, -0.15) is 5.10 Å². The van der Waals surface area contributed by atoms with Crippen LogP contribution >= 0.6 is 0 Å². The molecule has 0 aliphatic carbocycles. The van der Waals surface area contributed by atoms with Gasteiger partial charge in [-0.05, 0) is 52.5 Å². The molecule has 0 spiro atoms. The van der Waals surface area contributed by atoms with Crippen LogP contribution in [-0.4, -0.2) is 44.2 Å². The topological polar surface area (TPSA) is 64.4 Å². The lowest BCUT2D eigenvalue weighted by Gasteiger charge is -2.39. The number of amides is 1. The summed E-state index contributed by atoms with van der Waals surface area (Å²) in [7, 11) is 1.88. The molecular formula is C21H27N3O3. The molecule has 0 saturated carbocycles. The monoisotopic (exact) mass is 369 g/mol. The molecule has 144 valence electrons. The van der Waals surface area contributed by atoms with Gasteiger partial charge in [-0.15, -0.1) is 0 Å². The third-order valence-corrected chi connectivity index (χ3v) is 5.61. The second kappa shape index (κ2) is 6.36. The van der Waals surface area contributed by atoms with Crippen molar-refractivity contribution in [2.24, 2.45) is 13.0 Å². The molecule has 2 unspecified atom stereocenters. The molecule has 6 heteroatoms. The summed E-state index contributed by atoms with van der Waals surface area (Å²) in [6.45, 7) is 5.66. The molecule has 2 fully saturated rings. The molecule has 1 aromatic heterocycles. The summed E-state index contributed by atoms with van der Waals surface area (Å²) < 4.78 is 7.34. The van der Waals surface area contributed by atoms with E-state index < -0.39 is 5.60 Å². The first-order valence-corrected chi connectivity index (χ1v) is 9.70. The Labute approximate surface area is 159 Å². The normalized spacial score (nSPS) is 25.0. The minimum atomic E-state index is -0.499. The number of ketones is 1.